The molecule has 0 aliphatic carbocycles. The van der Waals surface area contributed by atoms with Gasteiger partial charge in [0.15, 0.2) is 0 Å². The number of hydrogen-bond donors (Lipinski definition) is 0. The summed E-state index contributed by atoms with van der Waals surface area (Å²) in [5.41, 5.74) is 0.719. The lowest BCUT2D eigenvalue weighted by Gasteiger charge is -2.02. The summed E-state index contributed by atoms with van der Waals surface area (Å²) in [7, 11) is 0. The van der Waals surface area contributed by atoms with Crippen molar-refractivity contribution in [2.24, 2.45) is 0 Å². The van der Waals surface area contributed by atoms with Crippen LogP contribution in [0.15, 0.2) is 24.3 Å². The maximum absolute atomic E-state index is 11.0. The number of benzene rings is 1. The number of rotatable bonds is 5. The average Bonchev–Trinajstić information content (AvgIpc) is 2.28. The van der Waals surface area contributed by atoms with Gasteiger partial charge in [0.05, 0.1) is 6.42 Å². The highest BCUT2D eigenvalue weighted by atomic mass is 35.5. The van der Waals surface area contributed by atoms with Gasteiger partial charge in [0.1, 0.15) is 12.9 Å². The smallest absolute Gasteiger partial charge is 0.375 e. The third-order valence-corrected chi connectivity index (χ3v) is 2.03. The number of ketones is 1. The van der Waals surface area contributed by atoms with Gasteiger partial charge in [-0.3, -0.25) is 4.79 Å². The highest BCUT2D eigenvalue weighted by Crippen LogP contribution is 2.10. The molecule has 0 saturated heterocycles. The molecular weight excluding hydrogens is 232 g/mol. The summed E-state index contributed by atoms with van der Waals surface area (Å²) < 4.78 is 4.69. The van der Waals surface area contributed by atoms with Gasteiger partial charge in [0, 0.05) is 5.02 Å². The molecule has 0 unspecified atom stereocenters. The van der Waals surface area contributed by atoms with Gasteiger partial charge in [-0.2, -0.15) is 0 Å². The van der Waals surface area contributed by atoms with Gasteiger partial charge in [0.2, 0.25) is 5.78 Å². The average molecular weight is 241 g/mol. The van der Waals surface area contributed by atoms with Crippen LogP contribution in [0.5, 0.6) is 0 Å². The fourth-order valence-electron chi connectivity index (χ4n) is 0.969. The molecule has 0 fully saturated rings. The molecule has 0 atom stereocenters. The van der Waals surface area contributed by atoms with Crippen molar-refractivity contribution in [2.75, 3.05) is 0 Å². The van der Waals surface area contributed by atoms with E-state index in [1.54, 1.807) is 24.3 Å². The summed E-state index contributed by atoms with van der Waals surface area (Å²) >= 11 is 5.67. The van der Waals surface area contributed by atoms with E-state index in [0.717, 1.165) is 5.56 Å². The number of carbonyl (C=O) groups excluding carboxylic acids is 3. The van der Waals surface area contributed by atoms with Crippen LogP contribution < -0.4 is 0 Å². The molecule has 1 aromatic carbocycles. The lowest BCUT2D eigenvalue weighted by Crippen LogP contribution is -2.17. The highest BCUT2D eigenvalue weighted by Gasteiger charge is 2.14. The molecule has 0 aliphatic heterocycles. The zero-order valence-corrected chi connectivity index (χ0v) is 9.07. The zero-order valence-electron chi connectivity index (χ0n) is 8.31. The molecule has 0 aliphatic rings. The van der Waals surface area contributed by atoms with Crippen LogP contribution in [0.4, 0.5) is 0 Å². The molecule has 0 aromatic heterocycles. The van der Waals surface area contributed by atoms with E-state index < -0.39 is 18.2 Å². The van der Waals surface area contributed by atoms with Crippen molar-refractivity contribution >= 4 is 29.6 Å². The SMILES string of the molecule is O=CCC(=O)C(=O)OCc1ccc(Cl)cc1. The van der Waals surface area contributed by atoms with E-state index in [0.29, 0.717) is 11.3 Å². The second-order valence-corrected chi connectivity index (χ2v) is 3.43. The molecule has 0 heterocycles. The minimum Gasteiger partial charge on any atom is -0.455 e. The first kappa shape index (κ1) is 12.4. The summed E-state index contributed by atoms with van der Waals surface area (Å²) in [5.74, 6) is -1.84. The van der Waals surface area contributed by atoms with Gasteiger partial charge in [-0.05, 0) is 17.7 Å². The molecule has 1 rings (SSSR count). The molecule has 16 heavy (non-hydrogen) atoms. The van der Waals surface area contributed by atoms with Gasteiger partial charge in [-0.25, -0.2) is 4.79 Å². The Morgan fingerprint density at radius 1 is 1.25 bits per heavy atom. The quantitative estimate of drug-likeness (QED) is 0.339. The number of halogens is 1. The van der Waals surface area contributed by atoms with E-state index >= 15 is 0 Å². The highest BCUT2D eigenvalue weighted by molar-refractivity contribution is 6.35. The van der Waals surface area contributed by atoms with Crippen LogP contribution in [0, 0.1) is 0 Å². The fourth-order valence-corrected chi connectivity index (χ4v) is 1.10. The predicted molar refractivity (Wildman–Crippen MR) is 56.9 cm³/mol. The predicted octanol–water partition coefficient (Wildman–Crippen LogP) is 1.54. The maximum Gasteiger partial charge on any atom is 0.375 e. The number of hydrogen-bond acceptors (Lipinski definition) is 4. The van der Waals surface area contributed by atoms with Crippen LogP contribution in [0.3, 0.4) is 0 Å². The molecule has 0 amide bonds. The second kappa shape index (κ2) is 6.02. The molecule has 0 spiro atoms. The first-order valence-corrected chi connectivity index (χ1v) is 4.89. The van der Waals surface area contributed by atoms with Crippen molar-refractivity contribution in [1.82, 2.24) is 0 Å². The molecule has 0 radical (unpaired) electrons. The minimum absolute atomic E-state index is 0.0133. The van der Waals surface area contributed by atoms with E-state index in [4.69, 9.17) is 16.3 Å². The molecule has 0 saturated carbocycles. The molecule has 4 nitrogen and oxygen atoms in total. The Labute approximate surface area is 97.2 Å². The third kappa shape index (κ3) is 3.82. The van der Waals surface area contributed by atoms with Crippen LogP contribution in [0.1, 0.15) is 12.0 Å². The van der Waals surface area contributed by atoms with Crippen LogP contribution in [0.25, 0.3) is 0 Å². The Balaban J connectivity index is 2.45. The number of ether oxygens (including phenoxy) is 1. The van der Waals surface area contributed by atoms with Crippen LogP contribution in [-0.4, -0.2) is 18.0 Å². The monoisotopic (exact) mass is 240 g/mol. The third-order valence-electron chi connectivity index (χ3n) is 1.78. The normalized spacial score (nSPS) is 9.56. The maximum atomic E-state index is 11.0. The summed E-state index contributed by atoms with van der Waals surface area (Å²) in [6.45, 7) is -0.0133. The molecular formula is C11H9ClO4. The molecule has 84 valence electrons. The Kier molecular flexibility index (Phi) is 4.66. The molecule has 5 heteroatoms. The second-order valence-electron chi connectivity index (χ2n) is 3.00. The van der Waals surface area contributed by atoms with Crippen molar-refractivity contribution in [1.29, 1.82) is 0 Å². The van der Waals surface area contributed by atoms with Gasteiger partial charge in [-0.1, -0.05) is 23.7 Å². The lowest BCUT2D eigenvalue weighted by molar-refractivity contribution is -0.155. The Hall–Kier alpha value is -1.68. The Morgan fingerprint density at radius 3 is 2.44 bits per heavy atom. The number of aldehydes is 1. The Morgan fingerprint density at radius 2 is 1.88 bits per heavy atom. The zero-order chi connectivity index (χ0) is 12.0. The number of carbonyl (C=O) groups is 3. The van der Waals surface area contributed by atoms with Crippen molar-refractivity contribution < 1.29 is 19.1 Å². The van der Waals surface area contributed by atoms with Crippen molar-refractivity contribution in [3.05, 3.63) is 34.9 Å². The van der Waals surface area contributed by atoms with Crippen molar-refractivity contribution in [3.8, 4) is 0 Å². The summed E-state index contributed by atoms with van der Waals surface area (Å²) in [6, 6.07) is 6.66. The van der Waals surface area contributed by atoms with Crippen molar-refractivity contribution in [3.63, 3.8) is 0 Å². The van der Waals surface area contributed by atoms with Crippen LogP contribution in [-0.2, 0) is 25.7 Å². The molecule has 0 bridgehead atoms. The molecule has 0 N–H and O–H groups in total. The van der Waals surface area contributed by atoms with Crippen LogP contribution in [0.2, 0.25) is 5.02 Å². The van der Waals surface area contributed by atoms with Crippen LogP contribution >= 0.6 is 11.6 Å². The van der Waals surface area contributed by atoms with Gasteiger partial charge in [0.25, 0.3) is 0 Å². The van der Waals surface area contributed by atoms with E-state index in [1.165, 1.54) is 0 Å². The largest absolute Gasteiger partial charge is 0.455 e. The number of Topliss-reactive ketones (excluding diaryl/α,β-unsaturated/α-hetero) is 1. The van der Waals surface area contributed by atoms with Gasteiger partial charge in [-0.15, -0.1) is 0 Å². The minimum atomic E-state index is -0.998. The van der Waals surface area contributed by atoms with Gasteiger partial charge >= 0.3 is 5.97 Å². The summed E-state index contributed by atoms with van der Waals surface area (Å²) in [5, 5.41) is 0.576. The topological polar surface area (TPSA) is 60.4 Å². The Bertz CT molecular complexity index is 397. The summed E-state index contributed by atoms with van der Waals surface area (Å²) in [6.07, 6.45) is -0.0780. The first-order chi connectivity index (χ1) is 7.63. The standard InChI is InChI=1S/C11H9ClO4/c12-9-3-1-8(2-4-9)7-16-11(15)10(14)5-6-13/h1-4,6H,5,7H2. The number of esters is 1. The lowest BCUT2D eigenvalue weighted by atomic mass is 10.2. The van der Waals surface area contributed by atoms with Gasteiger partial charge < -0.3 is 9.53 Å². The molecule has 1 aromatic rings. The summed E-state index contributed by atoms with van der Waals surface area (Å²) in [4.78, 5) is 31.9. The van der Waals surface area contributed by atoms with E-state index in [-0.39, 0.29) is 6.61 Å². The van der Waals surface area contributed by atoms with E-state index in [9.17, 15) is 14.4 Å². The van der Waals surface area contributed by atoms with Crippen molar-refractivity contribution in [2.45, 2.75) is 13.0 Å². The van der Waals surface area contributed by atoms with E-state index in [1.807, 2.05) is 0 Å². The first-order valence-electron chi connectivity index (χ1n) is 4.51. The fraction of sp³-hybridized carbons (Fsp3) is 0.182. The van der Waals surface area contributed by atoms with E-state index in [2.05, 4.69) is 0 Å².